The van der Waals surface area contributed by atoms with Crippen LogP contribution in [0.4, 0.5) is 5.82 Å². The van der Waals surface area contributed by atoms with E-state index in [1.54, 1.807) is 0 Å². The number of aliphatic carboxylic acids is 1. The highest BCUT2D eigenvalue weighted by Crippen LogP contribution is 2.24. The van der Waals surface area contributed by atoms with E-state index >= 15 is 0 Å². The third-order valence-corrected chi connectivity index (χ3v) is 3.37. The van der Waals surface area contributed by atoms with Crippen molar-refractivity contribution in [3.63, 3.8) is 0 Å². The summed E-state index contributed by atoms with van der Waals surface area (Å²) in [5.74, 6) is -0.0192. The number of benzene rings is 1. The molecule has 5 nitrogen and oxygen atoms in total. The highest BCUT2D eigenvalue weighted by Gasteiger charge is 2.06. The van der Waals surface area contributed by atoms with Crippen LogP contribution in [-0.2, 0) is 4.79 Å². The number of carboxylic acids is 1. The van der Waals surface area contributed by atoms with Crippen molar-refractivity contribution in [3.8, 4) is 0 Å². The second-order valence-corrected chi connectivity index (χ2v) is 4.94. The third kappa shape index (κ3) is 3.06. The predicted octanol–water partition coefficient (Wildman–Crippen LogP) is 2.51. The van der Waals surface area contributed by atoms with Crippen LogP contribution < -0.4 is 5.32 Å². The molecular formula is C12H12IN3O2. The number of hydrogen-bond donors (Lipinski definition) is 2. The standard InChI is InChI=1S/C12H12IN3O2/c13-8-3-1-4-9-11(8)12(16-7-15-9)14-6-2-5-10(17)18/h1,3-4,7H,2,5-6H2,(H,17,18)(H,14,15,16). The van der Waals surface area contributed by atoms with Gasteiger partial charge < -0.3 is 10.4 Å². The topological polar surface area (TPSA) is 75.1 Å². The quantitative estimate of drug-likeness (QED) is 0.635. The number of anilines is 1. The van der Waals surface area contributed by atoms with Crippen LogP contribution in [0.25, 0.3) is 10.9 Å². The molecule has 0 fully saturated rings. The lowest BCUT2D eigenvalue weighted by atomic mass is 10.2. The fourth-order valence-corrected chi connectivity index (χ4v) is 2.39. The molecule has 0 unspecified atom stereocenters. The lowest BCUT2D eigenvalue weighted by Crippen LogP contribution is -2.07. The molecule has 2 N–H and O–H groups in total. The molecule has 0 atom stereocenters. The Labute approximate surface area is 118 Å². The first-order chi connectivity index (χ1) is 8.68. The van der Waals surface area contributed by atoms with Gasteiger partial charge in [-0.2, -0.15) is 0 Å². The number of hydrogen-bond acceptors (Lipinski definition) is 4. The molecule has 2 rings (SSSR count). The molecular weight excluding hydrogens is 345 g/mol. The molecule has 1 heterocycles. The van der Waals surface area contributed by atoms with Crippen molar-refractivity contribution >= 4 is 45.3 Å². The van der Waals surface area contributed by atoms with Gasteiger partial charge in [0.15, 0.2) is 0 Å². The highest BCUT2D eigenvalue weighted by molar-refractivity contribution is 14.1. The molecule has 0 bridgehead atoms. The van der Waals surface area contributed by atoms with Gasteiger partial charge >= 0.3 is 5.97 Å². The maximum Gasteiger partial charge on any atom is 0.303 e. The lowest BCUT2D eigenvalue weighted by Gasteiger charge is -2.08. The summed E-state index contributed by atoms with van der Waals surface area (Å²) in [6.45, 7) is 0.587. The van der Waals surface area contributed by atoms with Crippen LogP contribution >= 0.6 is 22.6 Å². The zero-order valence-corrected chi connectivity index (χ0v) is 11.7. The predicted molar refractivity (Wildman–Crippen MR) is 77.6 cm³/mol. The minimum Gasteiger partial charge on any atom is -0.481 e. The van der Waals surface area contributed by atoms with E-state index in [2.05, 4.69) is 37.9 Å². The summed E-state index contributed by atoms with van der Waals surface area (Å²) in [7, 11) is 0. The molecule has 1 aromatic carbocycles. The Morgan fingerprint density at radius 3 is 3.00 bits per heavy atom. The van der Waals surface area contributed by atoms with Crippen LogP contribution in [0.2, 0.25) is 0 Å². The van der Waals surface area contributed by atoms with Crippen molar-refractivity contribution in [1.82, 2.24) is 9.97 Å². The Morgan fingerprint density at radius 1 is 1.39 bits per heavy atom. The Morgan fingerprint density at radius 2 is 2.22 bits per heavy atom. The maximum absolute atomic E-state index is 10.4. The van der Waals surface area contributed by atoms with Gasteiger partial charge in [0.2, 0.25) is 0 Å². The van der Waals surface area contributed by atoms with Crippen molar-refractivity contribution in [2.75, 3.05) is 11.9 Å². The van der Waals surface area contributed by atoms with E-state index < -0.39 is 5.97 Å². The molecule has 0 aliphatic carbocycles. The van der Waals surface area contributed by atoms with E-state index in [1.807, 2.05) is 18.2 Å². The Kier molecular flexibility index (Phi) is 4.29. The van der Waals surface area contributed by atoms with Crippen molar-refractivity contribution in [2.24, 2.45) is 0 Å². The van der Waals surface area contributed by atoms with Gasteiger partial charge in [-0.05, 0) is 41.1 Å². The summed E-state index contributed by atoms with van der Waals surface area (Å²) in [5.41, 5.74) is 0.887. The smallest absolute Gasteiger partial charge is 0.303 e. The monoisotopic (exact) mass is 357 g/mol. The molecule has 1 aromatic heterocycles. The number of fused-ring (bicyclic) bond motifs is 1. The summed E-state index contributed by atoms with van der Waals surface area (Å²) in [6, 6.07) is 5.88. The number of aromatic nitrogens is 2. The number of carboxylic acid groups (broad SMARTS) is 1. The van der Waals surface area contributed by atoms with Gasteiger partial charge in [0, 0.05) is 16.5 Å². The van der Waals surface area contributed by atoms with Crippen molar-refractivity contribution in [3.05, 3.63) is 28.1 Å². The van der Waals surface area contributed by atoms with Gasteiger partial charge in [-0.25, -0.2) is 9.97 Å². The number of carbonyl (C=O) groups is 1. The first-order valence-corrected chi connectivity index (χ1v) is 6.61. The van der Waals surface area contributed by atoms with Crippen molar-refractivity contribution in [1.29, 1.82) is 0 Å². The van der Waals surface area contributed by atoms with Crippen LogP contribution in [0.15, 0.2) is 24.5 Å². The molecule has 0 saturated carbocycles. The normalized spacial score (nSPS) is 10.5. The lowest BCUT2D eigenvalue weighted by molar-refractivity contribution is -0.137. The summed E-state index contributed by atoms with van der Waals surface area (Å²) in [5, 5.41) is 12.7. The third-order valence-electron chi connectivity index (χ3n) is 2.47. The zero-order chi connectivity index (χ0) is 13.0. The Hall–Kier alpha value is -1.44. The van der Waals surface area contributed by atoms with E-state index in [4.69, 9.17) is 5.11 Å². The van der Waals surface area contributed by atoms with E-state index in [-0.39, 0.29) is 6.42 Å². The van der Waals surface area contributed by atoms with E-state index in [9.17, 15) is 4.79 Å². The fourth-order valence-electron chi connectivity index (χ4n) is 1.65. The molecule has 18 heavy (non-hydrogen) atoms. The molecule has 0 aliphatic rings. The number of rotatable bonds is 5. The van der Waals surface area contributed by atoms with E-state index in [0.717, 1.165) is 20.3 Å². The Balaban J connectivity index is 2.15. The van der Waals surface area contributed by atoms with Crippen LogP contribution in [0.1, 0.15) is 12.8 Å². The molecule has 2 aromatic rings. The summed E-state index contributed by atoms with van der Waals surface area (Å²) < 4.78 is 1.08. The van der Waals surface area contributed by atoms with Crippen molar-refractivity contribution in [2.45, 2.75) is 12.8 Å². The number of nitrogens with one attached hydrogen (secondary N) is 1. The van der Waals surface area contributed by atoms with Crippen LogP contribution in [0.5, 0.6) is 0 Å². The summed E-state index contributed by atoms with van der Waals surface area (Å²) >= 11 is 2.24. The second-order valence-electron chi connectivity index (χ2n) is 3.78. The molecule has 0 amide bonds. The Bertz CT molecular complexity index is 569. The summed E-state index contributed by atoms with van der Waals surface area (Å²) in [6.07, 6.45) is 2.25. The first kappa shape index (κ1) is 13.0. The molecule has 0 saturated heterocycles. The molecule has 94 valence electrons. The SMILES string of the molecule is O=C(O)CCCNc1ncnc2cccc(I)c12. The first-order valence-electron chi connectivity index (χ1n) is 5.53. The van der Waals surface area contributed by atoms with E-state index in [0.29, 0.717) is 13.0 Å². The van der Waals surface area contributed by atoms with E-state index in [1.165, 1.54) is 6.33 Å². The minimum absolute atomic E-state index is 0.160. The average Bonchev–Trinajstić information content (AvgIpc) is 2.34. The van der Waals surface area contributed by atoms with Gasteiger partial charge in [0.25, 0.3) is 0 Å². The van der Waals surface area contributed by atoms with Gasteiger partial charge in [0.05, 0.1) is 10.9 Å². The van der Waals surface area contributed by atoms with Crippen LogP contribution in [0, 0.1) is 3.57 Å². The maximum atomic E-state index is 10.4. The highest BCUT2D eigenvalue weighted by atomic mass is 127. The van der Waals surface area contributed by atoms with Crippen molar-refractivity contribution < 1.29 is 9.90 Å². The average molecular weight is 357 g/mol. The largest absolute Gasteiger partial charge is 0.481 e. The van der Waals surface area contributed by atoms with Gasteiger partial charge in [-0.1, -0.05) is 6.07 Å². The molecule has 0 aliphatic heterocycles. The van der Waals surface area contributed by atoms with Crippen LogP contribution in [0.3, 0.4) is 0 Å². The summed E-state index contributed by atoms with van der Waals surface area (Å²) in [4.78, 5) is 18.8. The second kappa shape index (κ2) is 5.94. The van der Waals surface area contributed by atoms with Crippen LogP contribution in [-0.4, -0.2) is 27.6 Å². The number of halogens is 1. The van der Waals surface area contributed by atoms with Gasteiger partial charge in [-0.3, -0.25) is 4.79 Å². The minimum atomic E-state index is -0.779. The molecule has 0 radical (unpaired) electrons. The zero-order valence-electron chi connectivity index (χ0n) is 9.56. The van der Waals surface area contributed by atoms with Gasteiger partial charge in [0.1, 0.15) is 12.1 Å². The molecule has 0 spiro atoms. The molecule has 6 heteroatoms. The number of nitrogens with zero attached hydrogens (tertiary/aromatic N) is 2. The fraction of sp³-hybridized carbons (Fsp3) is 0.250. The van der Waals surface area contributed by atoms with Gasteiger partial charge in [-0.15, -0.1) is 0 Å².